The average Bonchev–Trinajstić information content (AvgIpc) is 3.36. The van der Waals surface area contributed by atoms with Gasteiger partial charge in [-0.2, -0.15) is 0 Å². The van der Waals surface area contributed by atoms with Crippen LogP contribution >= 0.6 is 22.7 Å². The number of nitrogens with two attached hydrogens (primary N) is 1. The number of benzene rings is 1. The highest BCUT2D eigenvalue weighted by atomic mass is 32.1. The highest BCUT2D eigenvalue weighted by Gasteiger charge is 2.23. The second kappa shape index (κ2) is 7.57. The van der Waals surface area contributed by atoms with Crippen molar-refractivity contribution in [1.82, 2.24) is 9.97 Å². The molecule has 0 aliphatic rings. The van der Waals surface area contributed by atoms with Crippen molar-refractivity contribution in [2.24, 2.45) is 0 Å². The van der Waals surface area contributed by atoms with Crippen molar-refractivity contribution in [1.29, 1.82) is 0 Å². The summed E-state index contributed by atoms with van der Waals surface area (Å²) in [5.41, 5.74) is 8.19. The summed E-state index contributed by atoms with van der Waals surface area (Å²) in [5.74, 6) is 0.857. The molecule has 142 valence electrons. The fourth-order valence-corrected chi connectivity index (χ4v) is 4.51. The van der Waals surface area contributed by atoms with Gasteiger partial charge in [0.05, 0.1) is 35.4 Å². The van der Waals surface area contributed by atoms with Crippen LogP contribution in [-0.2, 0) is 4.74 Å². The molecule has 8 heteroatoms. The zero-order valence-corrected chi connectivity index (χ0v) is 16.9. The number of thiophene rings is 2. The number of hydrogen-bond donors (Lipinski definition) is 1. The van der Waals surface area contributed by atoms with Crippen LogP contribution in [0.1, 0.15) is 16.6 Å². The van der Waals surface area contributed by atoms with Gasteiger partial charge in [-0.05, 0) is 30.5 Å². The van der Waals surface area contributed by atoms with Crippen LogP contribution in [0.4, 0.5) is 5.69 Å². The Kier molecular flexibility index (Phi) is 4.97. The van der Waals surface area contributed by atoms with Gasteiger partial charge in [0, 0.05) is 5.56 Å². The lowest BCUT2D eigenvalue weighted by atomic mass is 10.1. The second-order valence-corrected chi connectivity index (χ2v) is 7.80. The number of anilines is 1. The summed E-state index contributed by atoms with van der Waals surface area (Å²) < 4.78 is 10.5. The van der Waals surface area contributed by atoms with Gasteiger partial charge in [0.2, 0.25) is 0 Å². The molecule has 0 saturated heterocycles. The van der Waals surface area contributed by atoms with E-state index >= 15 is 0 Å². The molecular weight excluding hydrogens is 394 g/mol. The first-order valence-electron chi connectivity index (χ1n) is 8.57. The van der Waals surface area contributed by atoms with Gasteiger partial charge < -0.3 is 15.2 Å². The lowest BCUT2D eigenvalue weighted by molar-refractivity contribution is 0.0533. The maximum Gasteiger partial charge on any atom is 0.350 e. The monoisotopic (exact) mass is 411 g/mol. The van der Waals surface area contributed by atoms with E-state index in [-0.39, 0.29) is 6.61 Å². The number of ether oxygens (including phenoxy) is 2. The maximum atomic E-state index is 12.3. The van der Waals surface area contributed by atoms with E-state index in [0.29, 0.717) is 38.0 Å². The molecular formula is C20H17N3O3S2. The van der Waals surface area contributed by atoms with Crippen LogP contribution in [0.2, 0.25) is 0 Å². The summed E-state index contributed by atoms with van der Waals surface area (Å²) in [7, 11) is 1.61. The number of carbonyl (C=O) groups is 1. The van der Waals surface area contributed by atoms with Crippen LogP contribution in [0.15, 0.2) is 41.8 Å². The lowest BCUT2D eigenvalue weighted by Crippen LogP contribution is -2.05. The first-order valence-corrected chi connectivity index (χ1v) is 10.3. The standard InChI is InChI=1S/C20H17N3O3S2/c1-3-26-20(24)17-15(21)14-16(11-6-4-7-12(10-11)25-2)22-18(23-19(14)28-17)13-8-5-9-27-13/h4-10H,3,21H2,1-2H3. The van der Waals surface area contributed by atoms with Gasteiger partial charge in [-0.15, -0.1) is 22.7 Å². The third kappa shape index (κ3) is 3.21. The Bertz CT molecular complexity index is 1150. The van der Waals surface area contributed by atoms with E-state index in [4.69, 9.17) is 20.2 Å². The van der Waals surface area contributed by atoms with Gasteiger partial charge in [-0.1, -0.05) is 18.2 Å². The fraction of sp³-hybridized carbons (Fsp3) is 0.150. The summed E-state index contributed by atoms with van der Waals surface area (Å²) in [4.78, 5) is 23.7. The van der Waals surface area contributed by atoms with Crippen LogP contribution < -0.4 is 10.5 Å². The predicted molar refractivity (Wildman–Crippen MR) is 113 cm³/mol. The van der Waals surface area contributed by atoms with Crippen molar-refractivity contribution in [2.45, 2.75) is 6.92 Å². The largest absolute Gasteiger partial charge is 0.497 e. The normalized spacial score (nSPS) is 10.9. The first-order chi connectivity index (χ1) is 13.6. The Balaban J connectivity index is 2.00. The molecule has 0 unspecified atom stereocenters. The molecule has 4 rings (SSSR count). The molecule has 0 saturated carbocycles. The molecule has 0 radical (unpaired) electrons. The van der Waals surface area contributed by atoms with Crippen molar-refractivity contribution >= 4 is 44.5 Å². The van der Waals surface area contributed by atoms with Gasteiger partial charge in [0.25, 0.3) is 0 Å². The van der Waals surface area contributed by atoms with Crippen LogP contribution in [0.5, 0.6) is 5.75 Å². The molecule has 1 aromatic carbocycles. The molecule has 4 aromatic rings. The minimum Gasteiger partial charge on any atom is -0.497 e. The van der Waals surface area contributed by atoms with Gasteiger partial charge in [-0.25, -0.2) is 14.8 Å². The Hall–Kier alpha value is -2.97. The molecule has 28 heavy (non-hydrogen) atoms. The Morgan fingerprint density at radius 2 is 2.07 bits per heavy atom. The van der Waals surface area contributed by atoms with Gasteiger partial charge in [0.1, 0.15) is 15.5 Å². The number of fused-ring (bicyclic) bond motifs is 1. The smallest absolute Gasteiger partial charge is 0.350 e. The molecule has 0 spiro atoms. The summed E-state index contributed by atoms with van der Waals surface area (Å²) >= 11 is 2.78. The Morgan fingerprint density at radius 1 is 1.21 bits per heavy atom. The first kappa shape index (κ1) is 18.4. The third-order valence-corrected chi connectivity index (χ3v) is 6.08. The molecule has 0 amide bonds. The van der Waals surface area contributed by atoms with Crippen LogP contribution in [-0.4, -0.2) is 29.7 Å². The molecule has 0 atom stereocenters. The average molecular weight is 412 g/mol. The summed E-state index contributed by atoms with van der Waals surface area (Å²) in [5, 5.41) is 2.63. The van der Waals surface area contributed by atoms with Gasteiger partial charge >= 0.3 is 5.97 Å². The molecule has 0 fully saturated rings. The number of nitrogens with zero attached hydrogens (tertiary/aromatic N) is 2. The molecule has 3 aromatic heterocycles. The third-order valence-electron chi connectivity index (χ3n) is 4.13. The second-order valence-electron chi connectivity index (χ2n) is 5.85. The van der Waals surface area contributed by atoms with E-state index in [2.05, 4.69) is 4.98 Å². The predicted octanol–water partition coefficient (Wildman–Crippen LogP) is 4.85. The van der Waals surface area contributed by atoms with Crippen molar-refractivity contribution in [3.63, 3.8) is 0 Å². The Labute approximate surface area is 169 Å². The number of aromatic nitrogens is 2. The summed E-state index contributed by atoms with van der Waals surface area (Å²) in [6.07, 6.45) is 0. The lowest BCUT2D eigenvalue weighted by Gasteiger charge is -2.08. The maximum absolute atomic E-state index is 12.3. The number of nitrogen functional groups attached to an aromatic ring is 1. The zero-order valence-electron chi connectivity index (χ0n) is 15.3. The number of esters is 1. The molecule has 3 heterocycles. The van der Waals surface area contributed by atoms with E-state index in [1.807, 2.05) is 41.8 Å². The SMILES string of the molecule is CCOC(=O)c1sc2nc(-c3cccs3)nc(-c3cccc(OC)c3)c2c1N. The van der Waals surface area contributed by atoms with Crippen LogP contribution in [0, 0.1) is 0 Å². The fourth-order valence-electron chi connectivity index (χ4n) is 2.87. The summed E-state index contributed by atoms with van der Waals surface area (Å²) in [6.45, 7) is 2.04. The number of methoxy groups -OCH3 is 1. The van der Waals surface area contributed by atoms with E-state index in [1.165, 1.54) is 11.3 Å². The number of carbonyl (C=O) groups excluding carboxylic acids is 1. The highest BCUT2D eigenvalue weighted by Crippen LogP contribution is 2.40. The summed E-state index contributed by atoms with van der Waals surface area (Å²) in [6, 6.07) is 11.5. The minimum atomic E-state index is -0.447. The molecule has 0 aliphatic heterocycles. The Morgan fingerprint density at radius 3 is 2.79 bits per heavy atom. The highest BCUT2D eigenvalue weighted by molar-refractivity contribution is 7.21. The van der Waals surface area contributed by atoms with Gasteiger partial charge in [-0.3, -0.25) is 0 Å². The van der Waals surface area contributed by atoms with Crippen molar-refractivity contribution in [2.75, 3.05) is 19.5 Å². The molecule has 0 aliphatic carbocycles. The van der Waals surface area contributed by atoms with E-state index < -0.39 is 5.97 Å². The van der Waals surface area contributed by atoms with Crippen LogP contribution in [0.3, 0.4) is 0 Å². The molecule has 2 N–H and O–H groups in total. The number of hydrogen-bond acceptors (Lipinski definition) is 8. The van der Waals surface area contributed by atoms with E-state index in [0.717, 1.165) is 10.4 Å². The van der Waals surface area contributed by atoms with Crippen molar-refractivity contribution < 1.29 is 14.3 Å². The van der Waals surface area contributed by atoms with Gasteiger partial charge in [0.15, 0.2) is 5.82 Å². The topological polar surface area (TPSA) is 87.3 Å². The van der Waals surface area contributed by atoms with Crippen molar-refractivity contribution in [3.8, 4) is 27.7 Å². The molecule has 6 nitrogen and oxygen atoms in total. The molecule has 0 bridgehead atoms. The minimum absolute atomic E-state index is 0.279. The number of rotatable bonds is 5. The van der Waals surface area contributed by atoms with Crippen LogP contribution in [0.25, 0.3) is 32.2 Å². The van der Waals surface area contributed by atoms with Crippen molar-refractivity contribution in [3.05, 3.63) is 46.7 Å². The quantitative estimate of drug-likeness (QED) is 0.472. The van der Waals surface area contributed by atoms with E-state index in [1.54, 1.807) is 25.4 Å². The van der Waals surface area contributed by atoms with E-state index in [9.17, 15) is 4.79 Å². The zero-order chi connectivity index (χ0) is 19.7.